The van der Waals surface area contributed by atoms with E-state index in [1.807, 2.05) is 0 Å². The van der Waals surface area contributed by atoms with E-state index in [9.17, 15) is 14.4 Å². The van der Waals surface area contributed by atoms with Crippen LogP contribution in [0.3, 0.4) is 0 Å². The third-order valence-corrected chi connectivity index (χ3v) is 14.2. The van der Waals surface area contributed by atoms with E-state index in [1.54, 1.807) is 0 Å². The summed E-state index contributed by atoms with van der Waals surface area (Å²) in [6.07, 6.45) is 93.4. The lowest BCUT2D eigenvalue weighted by Gasteiger charge is -2.18. The Kier molecular flexibility index (Phi) is 63.8. The Morgan fingerprint density at radius 1 is 0.263 bits per heavy atom. The molecule has 6 heteroatoms. The first kappa shape index (κ1) is 75.8. The summed E-state index contributed by atoms with van der Waals surface area (Å²) in [5.74, 6) is -0.894. The van der Waals surface area contributed by atoms with Gasteiger partial charge in [-0.15, -0.1) is 0 Å². The Morgan fingerprint density at radius 3 is 0.762 bits per heavy atom. The van der Waals surface area contributed by atoms with E-state index < -0.39 is 6.10 Å². The largest absolute Gasteiger partial charge is 0.462 e. The monoisotopic (exact) mass is 1110 g/mol. The highest BCUT2D eigenvalue weighted by Gasteiger charge is 2.19. The predicted octanol–water partition coefficient (Wildman–Crippen LogP) is 23.2. The molecular formula is C74H124O6. The molecule has 0 bridgehead atoms. The molecule has 0 spiro atoms. The normalized spacial score (nSPS) is 12.9. The Labute approximate surface area is 494 Å². The van der Waals surface area contributed by atoms with Gasteiger partial charge < -0.3 is 14.2 Å². The van der Waals surface area contributed by atoms with Crippen molar-refractivity contribution in [2.45, 2.75) is 316 Å². The van der Waals surface area contributed by atoms with Crippen molar-refractivity contribution in [2.75, 3.05) is 13.2 Å². The molecule has 1 unspecified atom stereocenters. The van der Waals surface area contributed by atoms with Gasteiger partial charge in [-0.05, 0) is 109 Å². The van der Waals surface area contributed by atoms with Gasteiger partial charge in [-0.2, -0.15) is 0 Å². The molecule has 0 aromatic heterocycles. The third-order valence-electron chi connectivity index (χ3n) is 14.2. The summed E-state index contributed by atoms with van der Waals surface area (Å²) < 4.78 is 17.0. The van der Waals surface area contributed by atoms with Crippen LogP contribution in [0.4, 0.5) is 0 Å². The molecule has 0 saturated heterocycles. The zero-order chi connectivity index (χ0) is 57.8. The molecule has 0 fully saturated rings. The SMILES string of the molecule is CC/C=C\C/C=C\C/C=C\C/C=C\C/C=C\C/C=C\CCCCCCCCC(=O)OCC(COC(=O)CCCCCCCCCCCCCCCC)OC(=O)CCCCCCCCCCCC/C=C\C/C=C\C/C=C\C/C=C\CC. The van der Waals surface area contributed by atoms with Gasteiger partial charge in [-0.3, -0.25) is 14.4 Å². The highest BCUT2D eigenvalue weighted by atomic mass is 16.6. The second-order valence-corrected chi connectivity index (χ2v) is 22.0. The van der Waals surface area contributed by atoms with Crippen molar-refractivity contribution < 1.29 is 28.6 Å². The van der Waals surface area contributed by atoms with Gasteiger partial charge in [-0.25, -0.2) is 0 Å². The standard InChI is InChI=1S/C74H124O6/c1-4-7-10-13-16-19-22-25-28-30-32-34-36-37-39-40-42-44-46-49-52-55-58-61-64-67-73(76)79-70-71(69-78-72(75)66-63-60-57-54-51-48-27-24-21-18-15-12-9-6-3)80-74(77)68-65-62-59-56-53-50-47-45-43-41-38-35-33-31-29-26-23-20-17-14-11-8-5-2/h7-8,10-11,16-17,19-20,25-26,28-29,32-35,37,39,42,44,71H,4-6,9,12-15,18,21-24,27,30-31,36,38,40-41,43,45-70H2,1-3H3/b10-7-,11-8-,19-16-,20-17-,28-25-,29-26-,34-32-,35-33-,39-37-,44-42-. The van der Waals surface area contributed by atoms with Crippen LogP contribution >= 0.6 is 0 Å². The minimum absolute atomic E-state index is 0.0839. The maximum atomic E-state index is 12.9. The van der Waals surface area contributed by atoms with Crippen molar-refractivity contribution in [3.05, 3.63) is 122 Å². The average Bonchev–Trinajstić information content (AvgIpc) is 3.46. The quantitative estimate of drug-likeness (QED) is 0.0261. The van der Waals surface area contributed by atoms with Gasteiger partial charge >= 0.3 is 17.9 Å². The fraction of sp³-hybridized carbons (Fsp3) is 0.689. The minimum atomic E-state index is -0.790. The summed E-state index contributed by atoms with van der Waals surface area (Å²) in [7, 11) is 0. The maximum Gasteiger partial charge on any atom is 0.306 e. The summed E-state index contributed by atoms with van der Waals surface area (Å²) in [6.45, 7) is 6.43. The molecule has 0 N–H and O–H groups in total. The summed E-state index contributed by atoms with van der Waals surface area (Å²) in [6, 6.07) is 0. The Morgan fingerprint density at radius 2 is 0.487 bits per heavy atom. The van der Waals surface area contributed by atoms with E-state index in [2.05, 4.69) is 142 Å². The molecule has 1 atom stereocenters. The topological polar surface area (TPSA) is 78.9 Å². The Balaban J connectivity index is 4.39. The van der Waals surface area contributed by atoms with Gasteiger partial charge in [0.05, 0.1) is 0 Å². The number of carbonyl (C=O) groups excluding carboxylic acids is 3. The lowest BCUT2D eigenvalue weighted by molar-refractivity contribution is -0.167. The molecule has 0 saturated carbocycles. The highest BCUT2D eigenvalue weighted by Crippen LogP contribution is 2.16. The molecule has 0 aliphatic rings. The molecule has 0 heterocycles. The molecule has 0 aliphatic carbocycles. The Bertz CT molecular complexity index is 1650. The first-order chi connectivity index (χ1) is 39.5. The number of unbranched alkanes of at least 4 members (excludes halogenated alkanes) is 29. The van der Waals surface area contributed by atoms with Crippen LogP contribution in [-0.2, 0) is 28.6 Å². The number of rotatable bonds is 60. The van der Waals surface area contributed by atoms with Crippen molar-refractivity contribution in [1.29, 1.82) is 0 Å². The smallest absolute Gasteiger partial charge is 0.306 e. The summed E-state index contributed by atoms with van der Waals surface area (Å²) in [4.78, 5) is 38.4. The maximum absolute atomic E-state index is 12.9. The molecule has 80 heavy (non-hydrogen) atoms. The molecule has 0 aromatic carbocycles. The van der Waals surface area contributed by atoms with Crippen molar-refractivity contribution >= 4 is 17.9 Å². The van der Waals surface area contributed by atoms with E-state index >= 15 is 0 Å². The number of hydrogen-bond donors (Lipinski definition) is 0. The first-order valence-corrected chi connectivity index (χ1v) is 33.5. The van der Waals surface area contributed by atoms with Crippen LogP contribution < -0.4 is 0 Å². The van der Waals surface area contributed by atoms with Gasteiger partial charge in [0.1, 0.15) is 13.2 Å². The lowest BCUT2D eigenvalue weighted by atomic mass is 10.0. The fourth-order valence-corrected chi connectivity index (χ4v) is 9.26. The van der Waals surface area contributed by atoms with E-state index in [0.717, 1.165) is 135 Å². The molecule has 0 rings (SSSR count). The molecule has 456 valence electrons. The van der Waals surface area contributed by atoms with Crippen LogP contribution in [0.25, 0.3) is 0 Å². The van der Waals surface area contributed by atoms with E-state index in [1.165, 1.54) is 135 Å². The van der Waals surface area contributed by atoms with Gasteiger partial charge in [0.25, 0.3) is 0 Å². The molecule has 6 nitrogen and oxygen atoms in total. The molecular weight excluding hydrogens is 985 g/mol. The second kappa shape index (κ2) is 67.3. The van der Waals surface area contributed by atoms with Gasteiger partial charge in [0.2, 0.25) is 0 Å². The van der Waals surface area contributed by atoms with E-state index in [-0.39, 0.29) is 31.1 Å². The van der Waals surface area contributed by atoms with Gasteiger partial charge in [0, 0.05) is 19.3 Å². The number of hydrogen-bond acceptors (Lipinski definition) is 6. The number of carbonyl (C=O) groups is 3. The van der Waals surface area contributed by atoms with Crippen molar-refractivity contribution in [2.24, 2.45) is 0 Å². The van der Waals surface area contributed by atoms with Crippen LogP contribution in [0.5, 0.6) is 0 Å². The zero-order valence-electron chi connectivity index (χ0n) is 52.3. The van der Waals surface area contributed by atoms with Crippen LogP contribution in [0.1, 0.15) is 310 Å². The average molecular weight is 1110 g/mol. The van der Waals surface area contributed by atoms with Crippen LogP contribution in [0.2, 0.25) is 0 Å². The molecule has 0 aromatic rings. The summed E-state index contributed by atoms with van der Waals surface area (Å²) in [5, 5.41) is 0. The molecule has 0 radical (unpaired) electrons. The number of ether oxygens (including phenoxy) is 3. The van der Waals surface area contributed by atoms with E-state index in [4.69, 9.17) is 14.2 Å². The van der Waals surface area contributed by atoms with Crippen LogP contribution in [0.15, 0.2) is 122 Å². The van der Waals surface area contributed by atoms with Gasteiger partial charge in [0.15, 0.2) is 6.10 Å². The van der Waals surface area contributed by atoms with Crippen molar-refractivity contribution in [3.63, 3.8) is 0 Å². The zero-order valence-corrected chi connectivity index (χ0v) is 52.3. The number of allylic oxidation sites excluding steroid dienone is 20. The lowest BCUT2D eigenvalue weighted by Crippen LogP contribution is -2.30. The number of esters is 3. The first-order valence-electron chi connectivity index (χ1n) is 33.5. The summed E-state index contributed by atoms with van der Waals surface area (Å²) >= 11 is 0. The predicted molar refractivity (Wildman–Crippen MR) is 348 cm³/mol. The molecule has 0 amide bonds. The highest BCUT2D eigenvalue weighted by molar-refractivity contribution is 5.71. The van der Waals surface area contributed by atoms with Gasteiger partial charge in [-0.1, -0.05) is 303 Å². The van der Waals surface area contributed by atoms with E-state index in [0.29, 0.717) is 19.3 Å². The second-order valence-electron chi connectivity index (χ2n) is 22.0. The Hall–Kier alpha value is -4.19. The molecule has 0 aliphatic heterocycles. The minimum Gasteiger partial charge on any atom is -0.462 e. The third kappa shape index (κ3) is 64.6. The fourth-order valence-electron chi connectivity index (χ4n) is 9.26. The summed E-state index contributed by atoms with van der Waals surface area (Å²) in [5.41, 5.74) is 0. The van der Waals surface area contributed by atoms with Crippen LogP contribution in [-0.4, -0.2) is 37.2 Å². The van der Waals surface area contributed by atoms with Crippen molar-refractivity contribution in [1.82, 2.24) is 0 Å². The van der Waals surface area contributed by atoms with Crippen molar-refractivity contribution in [3.8, 4) is 0 Å². The van der Waals surface area contributed by atoms with Crippen LogP contribution in [0, 0.1) is 0 Å².